The molecule has 0 bridgehead atoms. The molecule has 0 aliphatic carbocycles. The molecule has 6 nitrogen and oxygen atoms in total. The van der Waals surface area contributed by atoms with E-state index < -0.39 is 11.7 Å². The number of halogens is 3. The zero-order valence-corrected chi connectivity index (χ0v) is 12.9. The zero-order chi connectivity index (χ0) is 17.3. The lowest BCUT2D eigenvalue weighted by Crippen LogP contribution is -2.38. The summed E-state index contributed by atoms with van der Waals surface area (Å²) in [5.41, 5.74) is -0.485. The second-order valence-electron chi connectivity index (χ2n) is 5.66. The molecule has 128 valence electrons. The van der Waals surface area contributed by atoms with Gasteiger partial charge in [-0.3, -0.25) is 4.79 Å². The summed E-state index contributed by atoms with van der Waals surface area (Å²) >= 11 is 0. The molecule has 9 heteroatoms. The summed E-state index contributed by atoms with van der Waals surface area (Å²) in [6.45, 7) is 1.56. The number of rotatable bonds is 3. The molecule has 3 rings (SSSR count). The maximum atomic E-state index is 12.8. The molecule has 1 aromatic carbocycles. The Morgan fingerprint density at radius 1 is 1.42 bits per heavy atom. The van der Waals surface area contributed by atoms with Crippen molar-refractivity contribution < 1.29 is 18.0 Å². The van der Waals surface area contributed by atoms with E-state index in [4.69, 9.17) is 0 Å². The van der Waals surface area contributed by atoms with Gasteiger partial charge in [0.05, 0.1) is 17.4 Å². The standard InChI is InChI=1S/C15H16F3N5O/c1-22(12-5-6-19-8-12)14(24)13-9-23(21-20-13)11-4-2-3-10(7-11)15(16,17)18/h2-4,7,9,12,19H,5-6,8H2,1H3. The maximum absolute atomic E-state index is 12.8. The molecule has 1 aromatic heterocycles. The molecule has 1 unspecified atom stereocenters. The minimum atomic E-state index is -4.44. The van der Waals surface area contributed by atoms with Crippen molar-refractivity contribution in [2.45, 2.75) is 18.6 Å². The molecule has 24 heavy (non-hydrogen) atoms. The minimum Gasteiger partial charge on any atom is -0.336 e. The fourth-order valence-corrected chi connectivity index (χ4v) is 2.63. The Labute approximate surface area is 136 Å². The van der Waals surface area contributed by atoms with Crippen LogP contribution in [0.1, 0.15) is 22.5 Å². The van der Waals surface area contributed by atoms with Gasteiger partial charge in [-0.25, -0.2) is 4.68 Å². The van der Waals surface area contributed by atoms with Gasteiger partial charge < -0.3 is 10.2 Å². The van der Waals surface area contributed by atoms with Crippen LogP contribution in [-0.4, -0.2) is 52.0 Å². The second kappa shape index (κ2) is 6.23. The molecule has 1 amide bonds. The average Bonchev–Trinajstić information content (AvgIpc) is 3.24. The summed E-state index contributed by atoms with van der Waals surface area (Å²) in [6, 6.07) is 4.79. The van der Waals surface area contributed by atoms with Gasteiger partial charge in [0.15, 0.2) is 5.69 Å². The molecule has 2 aromatic rings. The van der Waals surface area contributed by atoms with Gasteiger partial charge >= 0.3 is 6.18 Å². The summed E-state index contributed by atoms with van der Waals surface area (Å²) in [7, 11) is 1.68. The van der Waals surface area contributed by atoms with Crippen LogP contribution in [-0.2, 0) is 6.18 Å². The van der Waals surface area contributed by atoms with Gasteiger partial charge in [-0.05, 0) is 31.2 Å². The van der Waals surface area contributed by atoms with Crippen molar-refractivity contribution in [3.8, 4) is 5.69 Å². The SMILES string of the molecule is CN(C(=O)c1cn(-c2cccc(C(F)(F)F)c2)nn1)C1CCNC1. The van der Waals surface area contributed by atoms with E-state index in [2.05, 4.69) is 15.6 Å². The van der Waals surface area contributed by atoms with E-state index >= 15 is 0 Å². The molecular weight excluding hydrogens is 323 g/mol. The highest BCUT2D eigenvalue weighted by molar-refractivity contribution is 5.92. The van der Waals surface area contributed by atoms with E-state index in [1.165, 1.54) is 23.0 Å². The zero-order valence-electron chi connectivity index (χ0n) is 12.9. The molecule has 0 spiro atoms. The highest BCUT2D eigenvalue weighted by Gasteiger charge is 2.31. The number of carbonyl (C=O) groups excluding carboxylic acids is 1. The van der Waals surface area contributed by atoms with E-state index in [-0.39, 0.29) is 23.3 Å². The molecule has 1 aliphatic heterocycles. The van der Waals surface area contributed by atoms with Crippen LogP contribution in [0.3, 0.4) is 0 Å². The first kappa shape index (κ1) is 16.4. The largest absolute Gasteiger partial charge is 0.416 e. The molecule has 2 heterocycles. The smallest absolute Gasteiger partial charge is 0.336 e. The Morgan fingerprint density at radius 2 is 2.21 bits per heavy atom. The third-order valence-corrected chi connectivity index (χ3v) is 4.05. The Kier molecular flexibility index (Phi) is 4.27. The van der Waals surface area contributed by atoms with E-state index in [0.29, 0.717) is 6.54 Å². The first-order chi connectivity index (χ1) is 11.4. The summed E-state index contributed by atoms with van der Waals surface area (Å²) in [5, 5.41) is 10.7. The lowest BCUT2D eigenvalue weighted by atomic mass is 10.2. The van der Waals surface area contributed by atoms with E-state index in [0.717, 1.165) is 25.1 Å². The quantitative estimate of drug-likeness (QED) is 0.925. The van der Waals surface area contributed by atoms with Crippen molar-refractivity contribution in [1.82, 2.24) is 25.2 Å². The van der Waals surface area contributed by atoms with Crippen LogP contribution in [0, 0.1) is 0 Å². The molecule has 1 atom stereocenters. The van der Waals surface area contributed by atoms with Crippen LogP contribution in [0.4, 0.5) is 13.2 Å². The first-order valence-electron chi connectivity index (χ1n) is 7.44. The number of aromatic nitrogens is 3. The number of amides is 1. The Bertz CT molecular complexity index is 737. The third kappa shape index (κ3) is 3.25. The summed E-state index contributed by atoms with van der Waals surface area (Å²) < 4.78 is 39.5. The molecule has 1 saturated heterocycles. The van der Waals surface area contributed by atoms with Gasteiger partial charge in [-0.1, -0.05) is 11.3 Å². The maximum Gasteiger partial charge on any atom is 0.416 e. The van der Waals surface area contributed by atoms with Gasteiger partial charge in [-0.2, -0.15) is 13.2 Å². The number of hydrogen-bond donors (Lipinski definition) is 1. The molecule has 1 fully saturated rings. The van der Waals surface area contributed by atoms with Crippen molar-refractivity contribution in [1.29, 1.82) is 0 Å². The van der Waals surface area contributed by atoms with Gasteiger partial charge in [0.25, 0.3) is 5.91 Å². The Balaban J connectivity index is 1.81. The number of hydrogen-bond acceptors (Lipinski definition) is 4. The molecule has 1 aliphatic rings. The topological polar surface area (TPSA) is 63.1 Å². The highest BCUT2D eigenvalue weighted by Crippen LogP contribution is 2.30. The summed E-state index contributed by atoms with van der Waals surface area (Å²) in [6.07, 6.45) is -2.24. The average molecular weight is 339 g/mol. The Hall–Kier alpha value is -2.42. The number of nitrogens with one attached hydrogen (secondary N) is 1. The van der Waals surface area contributed by atoms with E-state index in [9.17, 15) is 18.0 Å². The Morgan fingerprint density at radius 3 is 2.88 bits per heavy atom. The number of nitrogens with zero attached hydrogens (tertiary/aromatic N) is 4. The van der Waals surface area contributed by atoms with Gasteiger partial charge in [0.2, 0.25) is 0 Å². The third-order valence-electron chi connectivity index (χ3n) is 4.05. The van der Waals surface area contributed by atoms with E-state index in [1.807, 2.05) is 0 Å². The predicted molar refractivity (Wildman–Crippen MR) is 79.7 cm³/mol. The number of benzene rings is 1. The fourth-order valence-electron chi connectivity index (χ4n) is 2.63. The van der Waals surface area contributed by atoms with E-state index in [1.54, 1.807) is 11.9 Å². The van der Waals surface area contributed by atoms with Crippen molar-refractivity contribution in [2.24, 2.45) is 0 Å². The number of alkyl halides is 3. The lowest BCUT2D eigenvalue weighted by molar-refractivity contribution is -0.137. The van der Waals surface area contributed by atoms with Crippen LogP contribution in [0.15, 0.2) is 30.5 Å². The summed E-state index contributed by atoms with van der Waals surface area (Å²) in [4.78, 5) is 14.0. The second-order valence-corrected chi connectivity index (χ2v) is 5.66. The van der Waals surface area contributed by atoms with Crippen molar-refractivity contribution in [3.05, 3.63) is 41.7 Å². The van der Waals surface area contributed by atoms with Crippen LogP contribution in [0.25, 0.3) is 5.69 Å². The predicted octanol–water partition coefficient (Wildman–Crippen LogP) is 1.72. The van der Waals surface area contributed by atoms with Gasteiger partial charge in [0, 0.05) is 19.6 Å². The molecule has 0 radical (unpaired) electrons. The highest BCUT2D eigenvalue weighted by atomic mass is 19.4. The number of likely N-dealkylation sites (N-methyl/N-ethyl adjacent to an activating group) is 1. The van der Waals surface area contributed by atoms with Crippen LogP contribution < -0.4 is 5.32 Å². The number of carbonyl (C=O) groups is 1. The molecule has 0 saturated carbocycles. The van der Waals surface area contributed by atoms with Crippen LogP contribution in [0.5, 0.6) is 0 Å². The van der Waals surface area contributed by atoms with Crippen molar-refractivity contribution in [2.75, 3.05) is 20.1 Å². The van der Waals surface area contributed by atoms with Crippen molar-refractivity contribution >= 4 is 5.91 Å². The molecule has 1 N–H and O–H groups in total. The minimum absolute atomic E-state index is 0.0798. The van der Waals surface area contributed by atoms with Crippen LogP contribution in [0.2, 0.25) is 0 Å². The monoisotopic (exact) mass is 339 g/mol. The molecular formula is C15H16F3N5O. The summed E-state index contributed by atoms with van der Waals surface area (Å²) in [5.74, 6) is -0.304. The first-order valence-corrected chi connectivity index (χ1v) is 7.44. The van der Waals surface area contributed by atoms with Gasteiger partial charge in [0.1, 0.15) is 0 Å². The lowest BCUT2D eigenvalue weighted by Gasteiger charge is -2.22. The van der Waals surface area contributed by atoms with Crippen LogP contribution >= 0.6 is 0 Å². The van der Waals surface area contributed by atoms with Crippen molar-refractivity contribution in [3.63, 3.8) is 0 Å². The fraction of sp³-hybridized carbons (Fsp3) is 0.400. The normalized spacial score (nSPS) is 17.9. The van der Waals surface area contributed by atoms with Gasteiger partial charge in [-0.15, -0.1) is 5.10 Å².